The van der Waals surface area contributed by atoms with E-state index >= 15 is 0 Å². The zero-order valence-corrected chi connectivity index (χ0v) is 21.5. The molecule has 4 aromatic rings. The summed E-state index contributed by atoms with van der Waals surface area (Å²) < 4.78 is 22.4. The summed E-state index contributed by atoms with van der Waals surface area (Å²) in [5.74, 6) is -1.73. The van der Waals surface area contributed by atoms with Crippen molar-refractivity contribution >= 4 is 33.2 Å². The number of furan rings is 1. The molecular formula is C28H25N3O6S. The standard InChI is InChI=1S/C28H25N3O6S/c1-18-12-13-37-26(18)28(35)30-23-5-3-4-20(15-23)21-14-22(17-29-16-21)27(34)31-38(2,36)24-9-6-19(7-10-24)8-11-25(32)33/h3-7,9-10,12-17H,8,11H2,1-2H3,(H,30,35)(H,32,33). The van der Waals surface area contributed by atoms with Gasteiger partial charge in [-0.3, -0.25) is 19.4 Å². The van der Waals surface area contributed by atoms with E-state index in [1.165, 1.54) is 18.7 Å². The Labute approximate surface area is 219 Å². The molecule has 0 aliphatic heterocycles. The maximum absolute atomic E-state index is 13.2. The number of aliphatic carboxylic acids is 1. The molecule has 2 aromatic heterocycles. The Morgan fingerprint density at radius 3 is 2.47 bits per heavy atom. The van der Waals surface area contributed by atoms with E-state index in [0.717, 1.165) is 11.1 Å². The number of carboxylic acids is 1. The van der Waals surface area contributed by atoms with Gasteiger partial charge in [0.1, 0.15) is 0 Å². The molecule has 0 saturated carbocycles. The largest absolute Gasteiger partial charge is 0.481 e. The van der Waals surface area contributed by atoms with Gasteiger partial charge in [-0.15, -0.1) is 0 Å². The lowest BCUT2D eigenvalue weighted by Crippen LogP contribution is -2.12. The van der Waals surface area contributed by atoms with Crippen molar-refractivity contribution in [2.45, 2.75) is 24.7 Å². The SMILES string of the molecule is Cc1ccoc1C(=O)Nc1cccc(-c2cncc(C(=O)N=S(C)(=O)c3ccc(CCC(=O)O)cc3)c2)c1. The lowest BCUT2D eigenvalue weighted by molar-refractivity contribution is -0.136. The van der Waals surface area contributed by atoms with Crippen LogP contribution in [0.15, 0.2) is 93.0 Å². The molecule has 0 spiro atoms. The van der Waals surface area contributed by atoms with Gasteiger partial charge in [0.2, 0.25) is 0 Å². The number of amides is 2. The van der Waals surface area contributed by atoms with Crippen LogP contribution in [0.5, 0.6) is 0 Å². The van der Waals surface area contributed by atoms with Crippen molar-refractivity contribution in [2.75, 3.05) is 11.6 Å². The number of carbonyl (C=O) groups is 3. The summed E-state index contributed by atoms with van der Waals surface area (Å²) in [6.07, 6.45) is 6.10. The molecule has 38 heavy (non-hydrogen) atoms. The summed E-state index contributed by atoms with van der Waals surface area (Å²) in [4.78, 5) is 40.7. The predicted molar refractivity (Wildman–Crippen MR) is 143 cm³/mol. The lowest BCUT2D eigenvalue weighted by Gasteiger charge is -2.08. The van der Waals surface area contributed by atoms with Crippen molar-refractivity contribution < 1.29 is 28.1 Å². The molecule has 194 valence electrons. The summed E-state index contributed by atoms with van der Waals surface area (Å²) in [5.41, 5.74) is 3.52. The molecule has 10 heteroatoms. The first-order chi connectivity index (χ1) is 18.1. The van der Waals surface area contributed by atoms with Crippen molar-refractivity contribution in [3.8, 4) is 11.1 Å². The van der Waals surface area contributed by atoms with E-state index in [2.05, 4.69) is 14.7 Å². The quantitative estimate of drug-likeness (QED) is 0.318. The highest BCUT2D eigenvalue weighted by Crippen LogP contribution is 2.24. The summed E-state index contributed by atoms with van der Waals surface area (Å²) in [6.45, 7) is 1.78. The number of aromatic nitrogens is 1. The molecule has 1 atom stereocenters. The first kappa shape index (κ1) is 26.5. The summed E-state index contributed by atoms with van der Waals surface area (Å²) >= 11 is 0. The van der Waals surface area contributed by atoms with Crippen LogP contribution >= 0.6 is 0 Å². The van der Waals surface area contributed by atoms with E-state index in [1.807, 2.05) is 6.07 Å². The lowest BCUT2D eigenvalue weighted by atomic mass is 10.1. The van der Waals surface area contributed by atoms with Crippen molar-refractivity contribution in [1.82, 2.24) is 4.98 Å². The van der Waals surface area contributed by atoms with E-state index < -0.39 is 21.6 Å². The molecule has 0 aliphatic rings. The monoisotopic (exact) mass is 531 g/mol. The van der Waals surface area contributed by atoms with Gasteiger partial charge in [0, 0.05) is 46.8 Å². The number of carbonyl (C=O) groups excluding carboxylic acids is 2. The third-order valence-corrected chi connectivity index (χ3v) is 7.41. The number of hydrogen-bond donors (Lipinski definition) is 2. The number of hydrogen-bond acceptors (Lipinski definition) is 6. The number of nitrogens with one attached hydrogen (secondary N) is 1. The number of aryl methyl sites for hydroxylation is 2. The van der Waals surface area contributed by atoms with Gasteiger partial charge in [-0.05, 0) is 60.9 Å². The van der Waals surface area contributed by atoms with Gasteiger partial charge in [0.15, 0.2) is 5.76 Å². The van der Waals surface area contributed by atoms with Gasteiger partial charge in [0.05, 0.1) is 21.6 Å². The Morgan fingerprint density at radius 2 is 1.79 bits per heavy atom. The fourth-order valence-electron chi connectivity index (χ4n) is 3.71. The van der Waals surface area contributed by atoms with Gasteiger partial charge >= 0.3 is 5.97 Å². The molecule has 0 aliphatic carbocycles. The number of rotatable bonds is 8. The van der Waals surface area contributed by atoms with Crippen LogP contribution in [-0.4, -0.2) is 38.3 Å². The summed E-state index contributed by atoms with van der Waals surface area (Å²) in [5, 5.41) is 11.6. The minimum atomic E-state index is -3.05. The highest BCUT2D eigenvalue weighted by molar-refractivity contribution is 7.93. The molecular weight excluding hydrogens is 506 g/mol. The molecule has 4 rings (SSSR count). The van der Waals surface area contributed by atoms with Crippen LogP contribution in [0.25, 0.3) is 11.1 Å². The zero-order valence-electron chi connectivity index (χ0n) is 20.7. The van der Waals surface area contributed by atoms with Crippen molar-refractivity contribution in [3.05, 3.63) is 102 Å². The maximum Gasteiger partial charge on any atom is 0.303 e. The van der Waals surface area contributed by atoms with Crippen molar-refractivity contribution in [3.63, 3.8) is 0 Å². The van der Waals surface area contributed by atoms with E-state index in [9.17, 15) is 18.6 Å². The predicted octanol–water partition coefficient (Wildman–Crippen LogP) is 5.22. The molecule has 0 fully saturated rings. The first-order valence-corrected chi connectivity index (χ1v) is 13.5. The fraction of sp³-hybridized carbons (Fsp3) is 0.143. The van der Waals surface area contributed by atoms with Crippen LogP contribution in [0.2, 0.25) is 0 Å². The summed E-state index contributed by atoms with van der Waals surface area (Å²) in [6, 6.07) is 16.9. The van der Waals surface area contributed by atoms with E-state index in [0.29, 0.717) is 28.1 Å². The Morgan fingerprint density at radius 1 is 1.03 bits per heavy atom. The molecule has 2 heterocycles. The summed E-state index contributed by atoms with van der Waals surface area (Å²) in [7, 11) is -3.05. The minimum absolute atomic E-state index is 0.00796. The first-order valence-electron chi connectivity index (χ1n) is 11.6. The molecule has 2 amide bonds. The number of nitrogens with zero attached hydrogens (tertiary/aromatic N) is 2. The average Bonchev–Trinajstić information content (AvgIpc) is 3.33. The van der Waals surface area contributed by atoms with Gasteiger partial charge in [-0.2, -0.15) is 4.36 Å². The smallest absolute Gasteiger partial charge is 0.303 e. The Balaban J connectivity index is 1.53. The normalized spacial score (nSPS) is 12.4. The van der Waals surface area contributed by atoms with Crippen LogP contribution in [0.3, 0.4) is 0 Å². The van der Waals surface area contributed by atoms with Crippen LogP contribution in [0.1, 0.15) is 38.5 Å². The molecule has 0 radical (unpaired) electrons. The second-order valence-electron chi connectivity index (χ2n) is 8.67. The van der Waals surface area contributed by atoms with Crippen molar-refractivity contribution in [1.29, 1.82) is 0 Å². The molecule has 1 unspecified atom stereocenters. The molecule has 9 nitrogen and oxygen atoms in total. The van der Waals surface area contributed by atoms with Gasteiger partial charge in [0.25, 0.3) is 11.8 Å². The Kier molecular flexibility index (Phi) is 7.82. The zero-order chi connectivity index (χ0) is 27.3. The third-order valence-electron chi connectivity index (χ3n) is 5.75. The number of benzene rings is 2. The second kappa shape index (κ2) is 11.2. The Hall–Kier alpha value is -4.57. The molecule has 2 N–H and O–H groups in total. The number of pyridine rings is 1. The fourth-order valence-corrected chi connectivity index (χ4v) is 4.88. The Bertz CT molecular complexity index is 1630. The van der Waals surface area contributed by atoms with E-state index in [4.69, 9.17) is 9.52 Å². The van der Waals surface area contributed by atoms with Crippen LogP contribution in [-0.2, 0) is 20.9 Å². The van der Waals surface area contributed by atoms with Crippen LogP contribution in [0, 0.1) is 6.92 Å². The minimum Gasteiger partial charge on any atom is -0.481 e. The highest BCUT2D eigenvalue weighted by atomic mass is 32.2. The van der Waals surface area contributed by atoms with Gasteiger partial charge in [-0.25, -0.2) is 4.21 Å². The van der Waals surface area contributed by atoms with E-state index in [-0.39, 0.29) is 23.7 Å². The van der Waals surface area contributed by atoms with Gasteiger partial charge < -0.3 is 14.8 Å². The number of carboxylic acid groups (broad SMARTS) is 1. The van der Waals surface area contributed by atoms with Gasteiger partial charge in [-0.1, -0.05) is 24.3 Å². The number of anilines is 1. The highest BCUT2D eigenvalue weighted by Gasteiger charge is 2.15. The maximum atomic E-state index is 13.2. The molecule has 0 bridgehead atoms. The third kappa shape index (κ3) is 6.40. The average molecular weight is 532 g/mol. The van der Waals surface area contributed by atoms with E-state index in [1.54, 1.807) is 67.7 Å². The topological polar surface area (TPSA) is 139 Å². The molecule has 2 aromatic carbocycles. The molecule has 0 saturated heterocycles. The second-order valence-corrected chi connectivity index (χ2v) is 10.9. The van der Waals surface area contributed by atoms with Crippen LogP contribution < -0.4 is 5.32 Å². The van der Waals surface area contributed by atoms with Crippen LogP contribution in [0.4, 0.5) is 5.69 Å². The van der Waals surface area contributed by atoms with Crippen molar-refractivity contribution in [2.24, 2.45) is 4.36 Å².